The van der Waals surface area contributed by atoms with Crippen molar-refractivity contribution < 1.29 is 13.6 Å². The van der Waals surface area contributed by atoms with Crippen LogP contribution < -0.4 is 11.1 Å². The summed E-state index contributed by atoms with van der Waals surface area (Å²) in [6.45, 7) is 4.06. The zero-order valence-electron chi connectivity index (χ0n) is 11.0. The summed E-state index contributed by atoms with van der Waals surface area (Å²) in [5, 5.41) is 2.54. The molecular weight excluding hydrogens is 274 g/mol. The van der Waals surface area contributed by atoms with E-state index >= 15 is 0 Å². The van der Waals surface area contributed by atoms with Gasteiger partial charge in [-0.25, -0.2) is 8.78 Å². The van der Waals surface area contributed by atoms with Gasteiger partial charge < -0.3 is 11.1 Å². The van der Waals surface area contributed by atoms with Crippen molar-refractivity contribution in [2.75, 3.05) is 6.54 Å². The highest BCUT2D eigenvalue weighted by atomic mass is 35.5. The average molecular weight is 293 g/mol. The Kier molecular flexibility index (Phi) is 6.94. The van der Waals surface area contributed by atoms with Gasteiger partial charge in [0, 0.05) is 12.1 Å². The van der Waals surface area contributed by atoms with E-state index in [1.807, 2.05) is 13.8 Å². The van der Waals surface area contributed by atoms with Crippen molar-refractivity contribution in [3.63, 3.8) is 0 Å². The number of rotatable bonds is 5. The van der Waals surface area contributed by atoms with E-state index in [2.05, 4.69) is 5.32 Å². The highest BCUT2D eigenvalue weighted by Crippen LogP contribution is 2.12. The predicted octanol–water partition coefficient (Wildman–Crippen LogP) is 2.63. The molecule has 0 atom stereocenters. The molecule has 0 fully saturated rings. The first-order valence-electron chi connectivity index (χ1n) is 5.94. The summed E-state index contributed by atoms with van der Waals surface area (Å²) < 4.78 is 26.3. The molecule has 0 spiro atoms. The van der Waals surface area contributed by atoms with Crippen molar-refractivity contribution in [2.45, 2.75) is 32.2 Å². The quantitative estimate of drug-likeness (QED) is 0.876. The van der Waals surface area contributed by atoms with Crippen molar-refractivity contribution in [1.82, 2.24) is 5.32 Å². The van der Waals surface area contributed by atoms with Gasteiger partial charge in [-0.1, -0.05) is 13.8 Å². The molecule has 1 rings (SSSR count). The summed E-state index contributed by atoms with van der Waals surface area (Å²) in [5.74, 6) is -2.04. The van der Waals surface area contributed by atoms with Crippen molar-refractivity contribution >= 4 is 18.3 Å². The van der Waals surface area contributed by atoms with Crippen molar-refractivity contribution in [2.24, 2.45) is 5.73 Å². The number of amides is 1. The molecule has 0 heterocycles. The smallest absolute Gasteiger partial charge is 0.254 e. The number of halogens is 3. The summed E-state index contributed by atoms with van der Waals surface area (Å²) >= 11 is 0. The third-order valence-corrected chi connectivity index (χ3v) is 3.18. The Bertz CT molecular complexity index is 437. The maximum absolute atomic E-state index is 13.3. The van der Waals surface area contributed by atoms with Crippen LogP contribution in [0.5, 0.6) is 0 Å². The number of hydrogen-bond donors (Lipinski definition) is 2. The molecule has 3 N–H and O–H groups in total. The molecule has 1 aromatic carbocycles. The van der Waals surface area contributed by atoms with Gasteiger partial charge in [-0.3, -0.25) is 4.79 Å². The maximum Gasteiger partial charge on any atom is 0.254 e. The molecule has 1 amide bonds. The van der Waals surface area contributed by atoms with E-state index in [0.717, 1.165) is 18.2 Å². The number of hydrogen-bond acceptors (Lipinski definition) is 2. The number of nitrogens with two attached hydrogens (primary N) is 1. The van der Waals surface area contributed by atoms with E-state index in [-0.39, 0.29) is 24.5 Å². The van der Waals surface area contributed by atoms with E-state index < -0.39 is 23.1 Å². The van der Waals surface area contributed by atoms with Gasteiger partial charge >= 0.3 is 0 Å². The highest BCUT2D eigenvalue weighted by molar-refractivity contribution is 5.94. The predicted molar refractivity (Wildman–Crippen MR) is 73.4 cm³/mol. The maximum atomic E-state index is 13.3. The Hall–Kier alpha value is -1.20. The van der Waals surface area contributed by atoms with Crippen LogP contribution in [0.4, 0.5) is 8.78 Å². The zero-order chi connectivity index (χ0) is 13.8. The lowest BCUT2D eigenvalue weighted by Crippen LogP contribution is -2.49. The second-order valence-electron chi connectivity index (χ2n) is 4.38. The fraction of sp³-hybridized carbons (Fsp3) is 0.462. The molecule has 0 aliphatic carbocycles. The number of carbonyl (C=O) groups is 1. The van der Waals surface area contributed by atoms with Gasteiger partial charge in [0.2, 0.25) is 0 Å². The van der Waals surface area contributed by atoms with Crippen LogP contribution in [0.15, 0.2) is 18.2 Å². The number of carbonyl (C=O) groups excluding carboxylic acids is 1. The summed E-state index contributed by atoms with van der Waals surface area (Å²) in [5.41, 5.74) is 5.19. The van der Waals surface area contributed by atoms with Crippen molar-refractivity contribution in [1.29, 1.82) is 0 Å². The summed E-state index contributed by atoms with van der Waals surface area (Å²) in [7, 11) is 0. The number of nitrogens with one attached hydrogen (secondary N) is 1. The van der Waals surface area contributed by atoms with Crippen LogP contribution in [0, 0.1) is 11.6 Å². The molecular formula is C13H19ClF2N2O. The van der Waals surface area contributed by atoms with Crippen LogP contribution in [-0.2, 0) is 0 Å². The van der Waals surface area contributed by atoms with Gasteiger partial charge in [0.15, 0.2) is 0 Å². The monoisotopic (exact) mass is 292 g/mol. The summed E-state index contributed by atoms with van der Waals surface area (Å²) in [6, 6.07) is 2.78. The first-order chi connectivity index (χ1) is 8.41. The fourth-order valence-corrected chi connectivity index (χ4v) is 1.52. The highest BCUT2D eigenvalue weighted by Gasteiger charge is 2.22. The minimum absolute atomic E-state index is 0. The second kappa shape index (κ2) is 7.40. The average Bonchev–Trinajstić information content (AvgIpc) is 2.38. The van der Waals surface area contributed by atoms with Gasteiger partial charge in [-0.05, 0) is 31.0 Å². The largest absolute Gasteiger partial charge is 0.350 e. The molecule has 6 heteroatoms. The minimum Gasteiger partial charge on any atom is -0.350 e. The lowest BCUT2D eigenvalue weighted by Gasteiger charge is -2.26. The zero-order valence-corrected chi connectivity index (χ0v) is 11.8. The van der Waals surface area contributed by atoms with Crippen molar-refractivity contribution in [3.05, 3.63) is 35.4 Å². The molecule has 0 bridgehead atoms. The first kappa shape index (κ1) is 17.8. The Balaban J connectivity index is 0.00000324. The second-order valence-corrected chi connectivity index (χ2v) is 4.38. The van der Waals surface area contributed by atoms with Gasteiger partial charge in [-0.15, -0.1) is 12.4 Å². The fourth-order valence-electron chi connectivity index (χ4n) is 1.52. The van der Waals surface area contributed by atoms with Crippen LogP contribution >= 0.6 is 12.4 Å². The Morgan fingerprint density at radius 3 is 2.42 bits per heavy atom. The third-order valence-electron chi connectivity index (χ3n) is 3.18. The molecule has 0 aromatic heterocycles. The van der Waals surface area contributed by atoms with Gasteiger partial charge in [0.05, 0.1) is 5.56 Å². The molecule has 108 valence electrons. The van der Waals surface area contributed by atoms with Crippen molar-refractivity contribution in [3.8, 4) is 0 Å². The molecule has 0 aliphatic rings. The molecule has 3 nitrogen and oxygen atoms in total. The molecule has 0 unspecified atom stereocenters. The molecule has 0 saturated heterocycles. The summed E-state index contributed by atoms with van der Waals surface area (Å²) in [4.78, 5) is 11.7. The van der Waals surface area contributed by atoms with Crippen LogP contribution in [-0.4, -0.2) is 18.0 Å². The Morgan fingerprint density at radius 1 is 1.32 bits per heavy atom. The Morgan fingerprint density at radius 2 is 1.89 bits per heavy atom. The van der Waals surface area contributed by atoms with Gasteiger partial charge in [0.1, 0.15) is 11.6 Å². The standard InChI is InChI=1S/C13H18F2N2O.ClH/c1-3-13(16,4-2)8-17-12(18)10-7-9(14)5-6-11(10)15;/h5-7H,3-4,8,16H2,1-2H3,(H,17,18);1H. The molecule has 19 heavy (non-hydrogen) atoms. The SMILES string of the molecule is CCC(N)(CC)CNC(=O)c1cc(F)ccc1F.Cl. The minimum atomic E-state index is -0.746. The number of benzene rings is 1. The van der Waals surface area contributed by atoms with Crippen LogP contribution in [0.2, 0.25) is 0 Å². The topological polar surface area (TPSA) is 55.1 Å². The lowest BCUT2D eigenvalue weighted by atomic mass is 9.94. The molecule has 0 radical (unpaired) electrons. The van der Waals surface area contributed by atoms with E-state index in [1.165, 1.54) is 0 Å². The van der Waals surface area contributed by atoms with Gasteiger partial charge in [0.25, 0.3) is 5.91 Å². The third kappa shape index (κ3) is 4.76. The van der Waals surface area contributed by atoms with E-state index in [1.54, 1.807) is 0 Å². The van der Waals surface area contributed by atoms with Crippen LogP contribution in [0.1, 0.15) is 37.0 Å². The first-order valence-corrected chi connectivity index (χ1v) is 5.94. The van der Waals surface area contributed by atoms with E-state index in [4.69, 9.17) is 5.73 Å². The van der Waals surface area contributed by atoms with E-state index in [9.17, 15) is 13.6 Å². The molecule has 0 saturated carbocycles. The lowest BCUT2D eigenvalue weighted by molar-refractivity contribution is 0.0937. The van der Waals surface area contributed by atoms with Crippen LogP contribution in [0.25, 0.3) is 0 Å². The molecule has 1 aromatic rings. The molecule has 0 aliphatic heterocycles. The normalized spacial score (nSPS) is 10.8. The Labute approximate surface area is 118 Å². The van der Waals surface area contributed by atoms with Gasteiger partial charge in [-0.2, -0.15) is 0 Å². The van der Waals surface area contributed by atoms with E-state index in [0.29, 0.717) is 12.8 Å². The van der Waals surface area contributed by atoms with Crippen LogP contribution in [0.3, 0.4) is 0 Å². The summed E-state index contributed by atoms with van der Waals surface area (Å²) in [6.07, 6.45) is 1.38.